The molecule has 1 fully saturated rings. The highest BCUT2D eigenvalue weighted by atomic mass is 16.5. The standard InChI is InChI=1S/C8H16O.C3H8O2/c1-7-5-4-6-8(2,3)9-7;1-3(2,4)5/h7H,4-6H2,1-3H3;4-5H,1-2H3. The Morgan fingerprint density at radius 1 is 1.29 bits per heavy atom. The molecule has 0 spiro atoms. The fraction of sp³-hybridized carbons (Fsp3) is 1.00. The molecule has 1 saturated heterocycles. The van der Waals surface area contributed by atoms with Crippen LogP contribution in [0.15, 0.2) is 0 Å². The minimum Gasteiger partial charge on any atom is -0.373 e. The molecule has 1 rings (SSSR count). The van der Waals surface area contributed by atoms with Crippen LogP contribution in [0, 0.1) is 0 Å². The first-order chi connectivity index (χ1) is 6.10. The molecule has 0 aromatic carbocycles. The molecule has 2 N–H and O–H groups in total. The maximum absolute atomic E-state index is 8.08. The lowest BCUT2D eigenvalue weighted by atomic mass is 9.96. The van der Waals surface area contributed by atoms with Crippen molar-refractivity contribution in [2.75, 3.05) is 0 Å². The molecule has 1 unspecified atom stereocenters. The van der Waals surface area contributed by atoms with Gasteiger partial charge in [0.2, 0.25) is 0 Å². The number of hydrogen-bond donors (Lipinski definition) is 2. The monoisotopic (exact) mass is 204 g/mol. The van der Waals surface area contributed by atoms with Crippen molar-refractivity contribution in [3.63, 3.8) is 0 Å². The molecule has 1 atom stereocenters. The summed E-state index contributed by atoms with van der Waals surface area (Å²) in [5.41, 5.74) is 0.150. The van der Waals surface area contributed by atoms with E-state index in [-0.39, 0.29) is 5.60 Å². The van der Waals surface area contributed by atoms with Gasteiger partial charge in [-0.3, -0.25) is 0 Å². The smallest absolute Gasteiger partial charge is 0.156 e. The van der Waals surface area contributed by atoms with Gasteiger partial charge >= 0.3 is 0 Å². The number of aliphatic hydroxyl groups is 2. The molecule has 0 aromatic heterocycles. The highest BCUT2D eigenvalue weighted by molar-refractivity contribution is 4.75. The van der Waals surface area contributed by atoms with Gasteiger partial charge in [0.15, 0.2) is 5.79 Å². The van der Waals surface area contributed by atoms with Crippen molar-refractivity contribution in [3.8, 4) is 0 Å². The van der Waals surface area contributed by atoms with Crippen LogP contribution in [0.3, 0.4) is 0 Å². The molecular weight excluding hydrogens is 180 g/mol. The summed E-state index contributed by atoms with van der Waals surface area (Å²) < 4.78 is 5.67. The Kier molecular flexibility index (Phi) is 5.06. The summed E-state index contributed by atoms with van der Waals surface area (Å²) in [5, 5.41) is 16.2. The summed E-state index contributed by atoms with van der Waals surface area (Å²) in [6.45, 7) is 9.09. The van der Waals surface area contributed by atoms with Crippen molar-refractivity contribution in [1.29, 1.82) is 0 Å². The van der Waals surface area contributed by atoms with Crippen LogP contribution in [-0.4, -0.2) is 27.7 Å². The Morgan fingerprint density at radius 3 is 1.93 bits per heavy atom. The van der Waals surface area contributed by atoms with E-state index in [1.165, 1.54) is 33.1 Å². The highest BCUT2D eigenvalue weighted by Crippen LogP contribution is 2.27. The third kappa shape index (κ3) is 9.96. The van der Waals surface area contributed by atoms with Crippen molar-refractivity contribution < 1.29 is 14.9 Å². The predicted molar refractivity (Wildman–Crippen MR) is 57.0 cm³/mol. The van der Waals surface area contributed by atoms with Gasteiger partial charge in [-0.25, -0.2) is 0 Å². The van der Waals surface area contributed by atoms with Gasteiger partial charge in [-0.05, 0) is 53.9 Å². The second-order valence-corrected chi connectivity index (χ2v) is 5.07. The molecule has 1 aliphatic heterocycles. The van der Waals surface area contributed by atoms with E-state index < -0.39 is 5.79 Å². The lowest BCUT2D eigenvalue weighted by Gasteiger charge is -2.34. The molecule has 86 valence electrons. The van der Waals surface area contributed by atoms with Crippen molar-refractivity contribution in [1.82, 2.24) is 0 Å². The predicted octanol–water partition coefficient (Wildman–Crippen LogP) is 2.06. The Bertz CT molecular complexity index is 152. The van der Waals surface area contributed by atoms with Gasteiger partial charge in [-0.2, -0.15) is 0 Å². The lowest BCUT2D eigenvalue weighted by molar-refractivity contribution is -0.127. The van der Waals surface area contributed by atoms with Crippen molar-refractivity contribution >= 4 is 0 Å². The number of rotatable bonds is 0. The van der Waals surface area contributed by atoms with Crippen LogP contribution in [0.1, 0.15) is 53.9 Å². The molecule has 0 saturated carbocycles. The second-order valence-electron chi connectivity index (χ2n) is 5.07. The zero-order valence-electron chi connectivity index (χ0n) is 10.0. The molecule has 3 nitrogen and oxygen atoms in total. The van der Waals surface area contributed by atoms with Crippen LogP contribution in [0.2, 0.25) is 0 Å². The van der Waals surface area contributed by atoms with Crippen LogP contribution in [-0.2, 0) is 4.74 Å². The van der Waals surface area contributed by atoms with Crippen LogP contribution in [0.25, 0.3) is 0 Å². The van der Waals surface area contributed by atoms with E-state index in [1.807, 2.05) is 0 Å². The highest BCUT2D eigenvalue weighted by Gasteiger charge is 2.25. The maximum Gasteiger partial charge on any atom is 0.156 e. The zero-order chi connectivity index (χ0) is 11.4. The molecule has 1 heterocycles. The molecule has 0 amide bonds. The first kappa shape index (κ1) is 13.9. The first-order valence-electron chi connectivity index (χ1n) is 5.23. The second kappa shape index (κ2) is 5.10. The summed E-state index contributed by atoms with van der Waals surface area (Å²) in [4.78, 5) is 0. The lowest BCUT2D eigenvalue weighted by Crippen LogP contribution is -2.33. The average Bonchev–Trinajstić information content (AvgIpc) is 1.78. The van der Waals surface area contributed by atoms with Gasteiger partial charge in [0.1, 0.15) is 0 Å². The molecule has 14 heavy (non-hydrogen) atoms. The number of hydrogen-bond acceptors (Lipinski definition) is 3. The molecule has 0 radical (unpaired) electrons. The van der Waals surface area contributed by atoms with E-state index >= 15 is 0 Å². The number of ether oxygens (including phenoxy) is 1. The van der Waals surface area contributed by atoms with E-state index in [0.717, 1.165) is 0 Å². The normalized spacial score (nSPS) is 26.4. The molecule has 1 aliphatic rings. The summed E-state index contributed by atoms with van der Waals surface area (Å²) in [6, 6.07) is 0. The maximum atomic E-state index is 8.08. The summed E-state index contributed by atoms with van der Waals surface area (Å²) in [5.74, 6) is -1.50. The van der Waals surface area contributed by atoms with Crippen LogP contribution < -0.4 is 0 Å². The van der Waals surface area contributed by atoms with Crippen LogP contribution in [0.5, 0.6) is 0 Å². The van der Waals surface area contributed by atoms with Gasteiger partial charge in [-0.15, -0.1) is 0 Å². The molecule has 0 aliphatic carbocycles. The van der Waals surface area contributed by atoms with Crippen LogP contribution in [0.4, 0.5) is 0 Å². The summed E-state index contributed by atoms with van der Waals surface area (Å²) in [7, 11) is 0. The Hall–Kier alpha value is -0.120. The molecule has 0 bridgehead atoms. The third-order valence-corrected chi connectivity index (χ3v) is 1.91. The topological polar surface area (TPSA) is 49.7 Å². The fourth-order valence-electron chi connectivity index (χ4n) is 1.48. The molecule has 0 aromatic rings. The van der Waals surface area contributed by atoms with Gasteiger partial charge in [0.05, 0.1) is 11.7 Å². The largest absolute Gasteiger partial charge is 0.373 e. The summed E-state index contributed by atoms with van der Waals surface area (Å²) in [6.07, 6.45) is 4.27. The fourth-order valence-corrected chi connectivity index (χ4v) is 1.48. The zero-order valence-corrected chi connectivity index (χ0v) is 10.0. The SMILES string of the molecule is CC(C)(O)O.CC1CCCC(C)(C)O1. The Labute approximate surface area is 87.1 Å². The van der Waals surface area contributed by atoms with E-state index in [9.17, 15) is 0 Å². The molecule has 3 heteroatoms. The van der Waals surface area contributed by atoms with Gasteiger partial charge < -0.3 is 14.9 Å². The Morgan fingerprint density at radius 2 is 1.71 bits per heavy atom. The third-order valence-electron chi connectivity index (χ3n) is 1.91. The Balaban J connectivity index is 0.000000292. The minimum atomic E-state index is -1.50. The van der Waals surface area contributed by atoms with E-state index in [2.05, 4.69) is 20.8 Å². The van der Waals surface area contributed by atoms with Gasteiger partial charge in [0.25, 0.3) is 0 Å². The average molecular weight is 204 g/mol. The van der Waals surface area contributed by atoms with Gasteiger partial charge in [0, 0.05) is 0 Å². The van der Waals surface area contributed by atoms with E-state index in [0.29, 0.717) is 6.10 Å². The summed E-state index contributed by atoms with van der Waals surface area (Å²) >= 11 is 0. The van der Waals surface area contributed by atoms with E-state index in [4.69, 9.17) is 14.9 Å². The molecular formula is C11H24O3. The van der Waals surface area contributed by atoms with Crippen molar-refractivity contribution in [2.45, 2.75) is 71.4 Å². The minimum absolute atomic E-state index is 0.150. The first-order valence-corrected chi connectivity index (χ1v) is 5.23. The van der Waals surface area contributed by atoms with Gasteiger partial charge in [-0.1, -0.05) is 0 Å². The quantitative estimate of drug-likeness (QED) is 0.594. The van der Waals surface area contributed by atoms with E-state index in [1.54, 1.807) is 0 Å². The van der Waals surface area contributed by atoms with Crippen LogP contribution >= 0.6 is 0 Å². The van der Waals surface area contributed by atoms with Crippen molar-refractivity contribution in [3.05, 3.63) is 0 Å². The van der Waals surface area contributed by atoms with Crippen molar-refractivity contribution in [2.24, 2.45) is 0 Å².